The summed E-state index contributed by atoms with van der Waals surface area (Å²) in [4.78, 5) is 50.8. The zero-order valence-corrected chi connectivity index (χ0v) is 20.9. The summed E-state index contributed by atoms with van der Waals surface area (Å²) in [5.41, 5.74) is 1.64. The number of nitrogens with zero attached hydrogens (tertiary/aromatic N) is 4. The van der Waals surface area contributed by atoms with E-state index in [1.54, 1.807) is 29.2 Å². The van der Waals surface area contributed by atoms with Gasteiger partial charge in [-0.15, -0.1) is 11.3 Å². The van der Waals surface area contributed by atoms with Crippen molar-refractivity contribution in [3.63, 3.8) is 0 Å². The molecule has 0 aliphatic carbocycles. The van der Waals surface area contributed by atoms with Crippen LogP contribution in [0.5, 0.6) is 0 Å². The lowest BCUT2D eigenvalue weighted by Crippen LogP contribution is -2.35. The van der Waals surface area contributed by atoms with Crippen LogP contribution < -0.4 is 10.6 Å². The molecule has 3 N–H and O–H groups in total. The van der Waals surface area contributed by atoms with Gasteiger partial charge in [0, 0.05) is 36.7 Å². The van der Waals surface area contributed by atoms with Gasteiger partial charge in [-0.05, 0) is 31.6 Å². The highest BCUT2D eigenvalue weighted by Crippen LogP contribution is 2.38. The number of carbonyl (C=O) groups excluding carboxylic acids is 2. The second-order valence-electron chi connectivity index (χ2n) is 8.67. The first kappa shape index (κ1) is 25.3. The summed E-state index contributed by atoms with van der Waals surface area (Å²) in [6.45, 7) is 2.08. The Morgan fingerprint density at radius 3 is 2.69 bits per heavy atom. The molecule has 1 atom stereocenters. The van der Waals surface area contributed by atoms with Crippen molar-refractivity contribution >= 4 is 45.2 Å². The van der Waals surface area contributed by atoms with Gasteiger partial charge in [0.1, 0.15) is 17.0 Å². The lowest BCUT2D eigenvalue weighted by molar-refractivity contribution is -0.138. The Hall–Kier alpha value is -3.83. The second-order valence-corrected chi connectivity index (χ2v) is 9.75. The van der Waals surface area contributed by atoms with Crippen molar-refractivity contribution in [1.82, 2.24) is 25.1 Å². The molecule has 2 amide bonds. The largest absolute Gasteiger partial charge is 0.479 e. The zero-order chi connectivity index (χ0) is 25.7. The Labute approximate surface area is 212 Å². The molecule has 0 spiro atoms. The maximum Gasteiger partial charge on any atom is 0.330 e. The summed E-state index contributed by atoms with van der Waals surface area (Å²) in [6, 6.07) is 7.97. The number of amides is 2. The quantitative estimate of drug-likeness (QED) is 0.375. The number of hydrogen-bond acceptors (Lipinski definition) is 8. The summed E-state index contributed by atoms with van der Waals surface area (Å²) in [6.07, 6.45) is 4.56. The van der Waals surface area contributed by atoms with Crippen LogP contribution in [0.1, 0.15) is 22.0 Å². The monoisotopic (exact) mass is 508 g/mol. The van der Waals surface area contributed by atoms with Crippen LogP contribution in [0.25, 0.3) is 10.2 Å². The molecule has 4 rings (SSSR count). The Bertz CT molecular complexity index is 1290. The van der Waals surface area contributed by atoms with Crippen molar-refractivity contribution < 1.29 is 19.5 Å². The fourth-order valence-corrected chi connectivity index (χ4v) is 5.21. The number of carboxylic acid groups (broad SMARTS) is 1. The number of rotatable bonds is 9. The van der Waals surface area contributed by atoms with Gasteiger partial charge in [-0.25, -0.2) is 14.8 Å². The van der Waals surface area contributed by atoms with E-state index >= 15 is 0 Å². The van der Waals surface area contributed by atoms with Gasteiger partial charge in [-0.2, -0.15) is 0 Å². The highest BCUT2D eigenvalue weighted by Gasteiger charge is 2.27. The Morgan fingerprint density at radius 2 is 1.97 bits per heavy atom. The Morgan fingerprint density at radius 1 is 1.19 bits per heavy atom. The number of hydrogen-bond donors (Lipinski definition) is 3. The lowest BCUT2D eigenvalue weighted by Gasteiger charge is -2.26. The number of benzene rings is 1. The number of anilines is 1. The lowest BCUT2D eigenvalue weighted by atomic mass is 10.0. The molecule has 3 heterocycles. The fourth-order valence-electron chi connectivity index (χ4n) is 4.01. The summed E-state index contributed by atoms with van der Waals surface area (Å²) in [5, 5.41) is 16.4. The van der Waals surface area contributed by atoms with Crippen LogP contribution in [0.2, 0.25) is 0 Å². The van der Waals surface area contributed by atoms with Crippen LogP contribution in [0.3, 0.4) is 0 Å². The van der Waals surface area contributed by atoms with E-state index in [2.05, 4.69) is 20.6 Å². The van der Waals surface area contributed by atoms with E-state index in [1.165, 1.54) is 29.8 Å². The molecule has 3 aromatic rings. The predicted molar refractivity (Wildman–Crippen MR) is 138 cm³/mol. The first-order chi connectivity index (χ1) is 17.3. The number of nitrogens with one attached hydrogen (secondary N) is 2. The predicted octanol–water partition coefficient (Wildman–Crippen LogP) is 2.05. The van der Waals surface area contributed by atoms with Gasteiger partial charge in [0.2, 0.25) is 11.8 Å². The van der Waals surface area contributed by atoms with Gasteiger partial charge in [-0.1, -0.05) is 30.3 Å². The summed E-state index contributed by atoms with van der Waals surface area (Å²) >= 11 is 1.46. The first-order valence-corrected chi connectivity index (χ1v) is 12.3. The standard InChI is InChI=1S/C25H28N6O4S/c1-30(2)13-11-26-19(32)8-9-20(33)31-12-10-17-18(14-31)36-24-21(17)23(27-15-28-24)29-22(25(34)35)16-6-4-3-5-7-16/h3-9,15,22H,10-14H2,1-2H3,(H,26,32)(H,34,35)(H,27,28,29)/t22-/m0/s1. The molecule has 36 heavy (non-hydrogen) atoms. The number of fused-ring (bicyclic) bond motifs is 3. The molecule has 0 radical (unpaired) electrons. The molecule has 2 aromatic heterocycles. The molecular weight excluding hydrogens is 480 g/mol. The average molecular weight is 509 g/mol. The summed E-state index contributed by atoms with van der Waals surface area (Å²) in [7, 11) is 3.84. The fraction of sp³-hybridized carbons (Fsp3) is 0.320. The molecule has 1 aliphatic rings. The van der Waals surface area contributed by atoms with Crippen LogP contribution in [-0.4, -0.2) is 76.4 Å². The minimum absolute atomic E-state index is 0.236. The highest BCUT2D eigenvalue weighted by molar-refractivity contribution is 7.19. The number of aliphatic carboxylic acids is 1. The van der Waals surface area contributed by atoms with Crippen LogP contribution in [-0.2, 0) is 27.3 Å². The highest BCUT2D eigenvalue weighted by atomic mass is 32.1. The number of likely N-dealkylation sites (N-methyl/N-ethyl adjacent to an activating group) is 1. The molecule has 0 unspecified atom stereocenters. The van der Waals surface area contributed by atoms with Gasteiger partial charge in [-0.3, -0.25) is 9.59 Å². The minimum Gasteiger partial charge on any atom is -0.479 e. The topological polar surface area (TPSA) is 128 Å². The van der Waals surface area contributed by atoms with E-state index in [4.69, 9.17) is 0 Å². The van der Waals surface area contributed by atoms with Gasteiger partial charge in [0.15, 0.2) is 6.04 Å². The van der Waals surface area contributed by atoms with E-state index in [1.807, 2.05) is 25.1 Å². The van der Waals surface area contributed by atoms with Crippen LogP contribution in [0.4, 0.5) is 5.82 Å². The smallest absolute Gasteiger partial charge is 0.330 e. The normalized spacial score (nSPS) is 14.1. The third kappa shape index (κ3) is 5.86. The van der Waals surface area contributed by atoms with Crippen LogP contribution in [0.15, 0.2) is 48.8 Å². The van der Waals surface area contributed by atoms with Crippen molar-refractivity contribution in [2.75, 3.05) is 39.0 Å². The second kappa shape index (κ2) is 11.3. The number of aromatic nitrogens is 2. The third-order valence-electron chi connectivity index (χ3n) is 5.85. The van der Waals surface area contributed by atoms with Crippen molar-refractivity contribution in [3.8, 4) is 0 Å². The number of thiophene rings is 1. The molecule has 1 aromatic carbocycles. The van der Waals surface area contributed by atoms with E-state index in [-0.39, 0.29) is 11.8 Å². The molecule has 0 saturated carbocycles. The third-order valence-corrected chi connectivity index (χ3v) is 6.97. The van der Waals surface area contributed by atoms with Gasteiger partial charge >= 0.3 is 5.97 Å². The van der Waals surface area contributed by atoms with Crippen LogP contribution >= 0.6 is 11.3 Å². The molecule has 0 bridgehead atoms. The van der Waals surface area contributed by atoms with Gasteiger partial charge in [0.05, 0.1) is 11.9 Å². The maximum absolute atomic E-state index is 12.7. The summed E-state index contributed by atoms with van der Waals surface area (Å²) < 4.78 is 0. The number of carboxylic acids is 1. The van der Waals surface area contributed by atoms with Gasteiger partial charge < -0.3 is 25.5 Å². The van der Waals surface area contributed by atoms with E-state index < -0.39 is 12.0 Å². The van der Waals surface area contributed by atoms with Crippen LogP contribution in [0, 0.1) is 0 Å². The Kier molecular flexibility index (Phi) is 7.91. The van der Waals surface area contributed by atoms with Crippen molar-refractivity contribution in [2.24, 2.45) is 0 Å². The van der Waals surface area contributed by atoms with Crippen molar-refractivity contribution in [1.29, 1.82) is 0 Å². The molecule has 0 saturated heterocycles. The summed E-state index contributed by atoms with van der Waals surface area (Å²) in [5.74, 6) is -1.09. The Balaban J connectivity index is 1.49. The molecule has 10 nitrogen and oxygen atoms in total. The minimum atomic E-state index is -1.01. The van der Waals surface area contributed by atoms with Gasteiger partial charge in [0.25, 0.3) is 0 Å². The van der Waals surface area contributed by atoms with E-state index in [0.717, 1.165) is 20.7 Å². The average Bonchev–Trinajstić information content (AvgIpc) is 3.24. The van der Waals surface area contributed by atoms with Crippen molar-refractivity contribution in [2.45, 2.75) is 19.0 Å². The zero-order valence-electron chi connectivity index (χ0n) is 20.1. The maximum atomic E-state index is 12.7. The van der Waals surface area contributed by atoms with E-state index in [9.17, 15) is 19.5 Å². The van der Waals surface area contributed by atoms with E-state index in [0.29, 0.717) is 44.0 Å². The number of carbonyl (C=O) groups is 3. The SMILES string of the molecule is CN(C)CCNC(=O)C=CC(=O)N1CCc2c(sc3ncnc(N[C@H](C(=O)O)c4ccccc4)c23)C1. The first-order valence-electron chi connectivity index (χ1n) is 11.5. The molecule has 1 aliphatic heterocycles. The van der Waals surface area contributed by atoms with Crippen molar-refractivity contribution in [3.05, 3.63) is 64.8 Å². The molecule has 0 fully saturated rings. The molecule has 188 valence electrons. The molecular formula is C25H28N6O4S. The molecule has 11 heteroatoms.